The SMILES string of the molecule is c1csc(-c2noc(Cc3nc(-c4ccc5c(c4)OCO5)cs3)n2)c1. The Bertz CT molecular complexity index is 1020. The average molecular weight is 369 g/mol. The summed E-state index contributed by atoms with van der Waals surface area (Å²) < 4.78 is 16.1. The van der Waals surface area contributed by atoms with Crippen LogP contribution >= 0.6 is 22.7 Å². The molecule has 0 N–H and O–H groups in total. The van der Waals surface area contributed by atoms with Crippen LogP contribution in [0.3, 0.4) is 0 Å². The van der Waals surface area contributed by atoms with Crippen LogP contribution in [0, 0.1) is 0 Å². The predicted molar refractivity (Wildman–Crippen MR) is 94.1 cm³/mol. The molecule has 0 saturated carbocycles. The first-order chi connectivity index (χ1) is 12.3. The van der Waals surface area contributed by atoms with Crippen LogP contribution < -0.4 is 9.47 Å². The average Bonchev–Trinajstić information content (AvgIpc) is 3.41. The minimum Gasteiger partial charge on any atom is -0.454 e. The number of ether oxygens (including phenoxy) is 2. The molecule has 3 aromatic heterocycles. The molecule has 8 heteroatoms. The van der Waals surface area contributed by atoms with Crippen LogP contribution in [-0.2, 0) is 6.42 Å². The summed E-state index contributed by atoms with van der Waals surface area (Å²) in [4.78, 5) is 10.1. The second kappa shape index (κ2) is 5.98. The van der Waals surface area contributed by atoms with E-state index in [9.17, 15) is 0 Å². The van der Waals surface area contributed by atoms with Crippen molar-refractivity contribution < 1.29 is 14.0 Å². The fourth-order valence-electron chi connectivity index (χ4n) is 2.54. The number of hydrogen-bond donors (Lipinski definition) is 0. The van der Waals surface area contributed by atoms with E-state index >= 15 is 0 Å². The van der Waals surface area contributed by atoms with Crippen LogP contribution in [0.4, 0.5) is 0 Å². The Morgan fingerprint density at radius 1 is 1.04 bits per heavy atom. The molecule has 1 aliphatic rings. The molecule has 124 valence electrons. The second-order valence-electron chi connectivity index (χ2n) is 5.36. The summed E-state index contributed by atoms with van der Waals surface area (Å²) in [6.45, 7) is 0.269. The molecule has 0 fully saturated rings. The molecule has 6 nitrogen and oxygen atoms in total. The minimum atomic E-state index is 0.269. The van der Waals surface area contributed by atoms with Crippen molar-refractivity contribution in [3.05, 3.63) is 52.0 Å². The maximum absolute atomic E-state index is 5.42. The fourth-order valence-corrected chi connectivity index (χ4v) is 3.99. The van der Waals surface area contributed by atoms with E-state index in [4.69, 9.17) is 14.0 Å². The normalized spacial score (nSPS) is 12.6. The van der Waals surface area contributed by atoms with Crippen LogP contribution in [-0.4, -0.2) is 21.9 Å². The van der Waals surface area contributed by atoms with Crippen molar-refractivity contribution in [2.45, 2.75) is 6.42 Å². The highest BCUT2D eigenvalue weighted by molar-refractivity contribution is 7.13. The largest absolute Gasteiger partial charge is 0.454 e. The Labute approximate surface area is 150 Å². The van der Waals surface area contributed by atoms with Gasteiger partial charge >= 0.3 is 0 Å². The number of nitrogens with zero attached hydrogens (tertiary/aromatic N) is 3. The van der Waals surface area contributed by atoms with Crippen molar-refractivity contribution >= 4 is 22.7 Å². The minimum absolute atomic E-state index is 0.269. The molecule has 1 aromatic carbocycles. The molecular weight excluding hydrogens is 358 g/mol. The smallest absolute Gasteiger partial charge is 0.233 e. The van der Waals surface area contributed by atoms with E-state index in [1.165, 1.54) is 0 Å². The van der Waals surface area contributed by atoms with Gasteiger partial charge in [-0.15, -0.1) is 22.7 Å². The lowest BCUT2D eigenvalue weighted by Gasteiger charge is -1.99. The number of aromatic nitrogens is 3. The second-order valence-corrected chi connectivity index (χ2v) is 7.25. The third-order valence-corrected chi connectivity index (χ3v) is 5.45. The number of thiazole rings is 1. The highest BCUT2D eigenvalue weighted by Crippen LogP contribution is 2.36. The number of thiophene rings is 1. The Hall–Kier alpha value is -2.71. The maximum atomic E-state index is 5.42. The Balaban J connectivity index is 1.36. The van der Waals surface area contributed by atoms with Crippen molar-refractivity contribution in [2.24, 2.45) is 0 Å². The maximum Gasteiger partial charge on any atom is 0.233 e. The summed E-state index contributed by atoms with van der Waals surface area (Å²) >= 11 is 3.16. The standard InChI is InChI=1S/C17H11N3O3S2/c1-2-14(24-5-1)17-19-15(23-20-17)7-16-18-11(8-25-16)10-3-4-12-13(6-10)22-9-21-12/h1-6,8H,7,9H2. The van der Waals surface area contributed by atoms with Gasteiger partial charge in [0, 0.05) is 10.9 Å². The van der Waals surface area contributed by atoms with Gasteiger partial charge in [-0.2, -0.15) is 4.98 Å². The molecular formula is C17H11N3O3S2. The van der Waals surface area contributed by atoms with Gasteiger partial charge in [0.05, 0.1) is 17.0 Å². The monoisotopic (exact) mass is 369 g/mol. The summed E-state index contributed by atoms with van der Waals surface area (Å²) in [6.07, 6.45) is 0.521. The highest BCUT2D eigenvalue weighted by Gasteiger charge is 2.16. The van der Waals surface area contributed by atoms with Crippen molar-refractivity contribution in [2.75, 3.05) is 6.79 Å². The third kappa shape index (κ3) is 2.79. The molecule has 0 atom stereocenters. The summed E-state index contributed by atoms with van der Waals surface area (Å²) in [6, 6.07) is 9.77. The van der Waals surface area contributed by atoms with Gasteiger partial charge in [0.1, 0.15) is 5.01 Å². The number of benzene rings is 1. The van der Waals surface area contributed by atoms with Crippen LogP contribution in [0.1, 0.15) is 10.9 Å². The molecule has 0 amide bonds. The highest BCUT2D eigenvalue weighted by atomic mass is 32.1. The van der Waals surface area contributed by atoms with Crippen molar-refractivity contribution in [3.63, 3.8) is 0 Å². The molecule has 1 aliphatic heterocycles. The lowest BCUT2D eigenvalue weighted by molar-refractivity contribution is 0.174. The summed E-state index contributed by atoms with van der Waals surface area (Å²) in [5.41, 5.74) is 1.90. The van der Waals surface area contributed by atoms with Crippen molar-refractivity contribution in [3.8, 4) is 33.5 Å². The van der Waals surface area contributed by atoms with Gasteiger partial charge in [-0.1, -0.05) is 11.2 Å². The van der Waals surface area contributed by atoms with E-state index in [0.717, 1.165) is 32.6 Å². The summed E-state index contributed by atoms with van der Waals surface area (Å²) in [7, 11) is 0. The van der Waals surface area contributed by atoms with Crippen molar-refractivity contribution in [1.82, 2.24) is 15.1 Å². The van der Waals surface area contributed by atoms with E-state index in [1.54, 1.807) is 22.7 Å². The molecule has 25 heavy (non-hydrogen) atoms. The number of rotatable bonds is 4. The molecule has 5 rings (SSSR count). The van der Waals surface area contributed by atoms with E-state index in [0.29, 0.717) is 18.1 Å². The zero-order chi connectivity index (χ0) is 16.6. The molecule has 4 heterocycles. The third-order valence-electron chi connectivity index (χ3n) is 3.73. The van der Waals surface area contributed by atoms with Gasteiger partial charge in [0.2, 0.25) is 18.5 Å². The molecule has 0 aliphatic carbocycles. The van der Waals surface area contributed by atoms with Gasteiger partial charge in [0.15, 0.2) is 11.5 Å². The van der Waals surface area contributed by atoms with Crippen LogP contribution in [0.15, 0.2) is 45.6 Å². The lowest BCUT2D eigenvalue weighted by Crippen LogP contribution is -1.92. The molecule has 0 spiro atoms. The molecule has 0 bridgehead atoms. The lowest BCUT2D eigenvalue weighted by atomic mass is 10.1. The fraction of sp³-hybridized carbons (Fsp3) is 0.118. The Morgan fingerprint density at radius 3 is 2.92 bits per heavy atom. The van der Waals surface area contributed by atoms with Gasteiger partial charge in [0.25, 0.3) is 0 Å². The van der Waals surface area contributed by atoms with E-state index in [-0.39, 0.29) is 6.79 Å². The van der Waals surface area contributed by atoms with Crippen LogP contribution in [0.2, 0.25) is 0 Å². The first-order valence-corrected chi connectivity index (χ1v) is 9.32. The first kappa shape index (κ1) is 14.6. The topological polar surface area (TPSA) is 70.3 Å². The van der Waals surface area contributed by atoms with Gasteiger partial charge in [-0.05, 0) is 29.6 Å². The van der Waals surface area contributed by atoms with E-state index in [1.807, 2.05) is 41.1 Å². The van der Waals surface area contributed by atoms with Gasteiger partial charge in [-0.3, -0.25) is 0 Å². The summed E-state index contributed by atoms with van der Waals surface area (Å²) in [5, 5.41) is 8.96. The number of fused-ring (bicyclic) bond motifs is 1. The van der Waals surface area contributed by atoms with Gasteiger partial charge < -0.3 is 14.0 Å². The summed E-state index contributed by atoms with van der Waals surface area (Å²) in [5.74, 6) is 2.71. The zero-order valence-electron chi connectivity index (χ0n) is 12.8. The van der Waals surface area contributed by atoms with Crippen molar-refractivity contribution in [1.29, 1.82) is 0 Å². The van der Waals surface area contributed by atoms with Crippen LogP contribution in [0.5, 0.6) is 11.5 Å². The zero-order valence-corrected chi connectivity index (χ0v) is 14.5. The molecule has 0 saturated heterocycles. The van der Waals surface area contributed by atoms with E-state index < -0.39 is 0 Å². The van der Waals surface area contributed by atoms with Gasteiger partial charge in [-0.25, -0.2) is 4.98 Å². The molecule has 0 radical (unpaired) electrons. The predicted octanol–water partition coefficient (Wildman–Crippen LogP) is 4.24. The first-order valence-electron chi connectivity index (χ1n) is 7.56. The molecule has 0 unspecified atom stereocenters. The van der Waals surface area contributed by atoms with Crippen LogP contribution in [0.25, 0.3) is 22.0 Å². The Morgan fingerprint density at radius 2 is 2.00 bits per heavy atom. The Kier molecular flexibility index (Phi) is 3.50. The number of hydrogen-bond acceptors (Lipinski definition) is 8. The quantitative estimate of drug-likeness (QED) is 0.536. The molecule has 4 aromatic rings. The van der Waals surface area contributed by atoms with E-state index in [2.05, 4.69) is 15.1 Å².